The number of rotatable bonds is 10. The van der Waals surface area contributed by atoms with E-state index in [4.69, 9.17) is 13.3 Å². The van der Waals surface area contributed by atoms with Gasteiger partial charge < -0.3 is 30.2 Å². The number of hydrogen-bond donors (Lipinski definition) is 0. The second kappa shape index (κ2) is 9.69. The van der Waals surface area contributed by atoms with E-state index in [1.165, 1.54) is 0 Å². The van der Waals surface area contributed by atoms with Crippen LogP contribution in [0.5, 0.6) is 0 Å². The van der Waals surface area contributed by atoms with Gasteiger partial charge in [0.2, 0.25) is 0 Å². The Morgan fingerprint density at radius 1 is 1.05 bits per heavy atom. The van der Waals surface area contributed by atoms with Crippen LogP contribution in [0.1, 0.15) is 13.3 Å². The molecule has 0 aromatic heterocycles. The molecule has 0 saturated carbocycles. The van der Waals surface area contributed by atoms with E-state index in [0.717, 1.165) is 24.0 Å². The molecule has 6 heteroatoms. The van der Waals surface area contributed by atoms with Crippen LogP contribution in [0.3, 0.4) is 0 Å². The van der Waals surface area contributed by atoms with Crippen molar-refractivity contribution in [2.45, 2.75) is 19.0 Å². The molecule has 1 unspecified atom stereocenters. The van der Waals surface area contributed by atoms with Crippen molar-refractivity contribution in [3.63, 3.8) is 0 Å². The molecule has 4 nitrogen and oxygen atoms in total. The molecule has 0 aliphatic heterocycles. The fourth-order valence-electron chi connectivity index (χ4n) is 2.65. The van der Waals surface area contributed by atoms with Crippen molar-refractivity contribution in [3.8, 4) is 0 Å². The molecule has 1 atom stereocenters. The van der Waals surface area contributed by atoms with Gasteiger partial charge in [-0.05, 0) is 12.2 Å². The zero-order chi connectivity index (χ0) is 14.2. The maximum absolute atomic E-state index is 5.64. The first-order chi connectivity index (χ1) is 8.50. The molecule has 0 bridgehead atoms. The summed E-state index contributed by atoms with van der Waals surface area (Å²) in [6.45, 7) is 11.5. The Morgan fingerprint density at radius 2 is 1.42 bits per heavy atom. The Balaban J connectivity index is 0. The van der Waals surface area contributed by atoms with E-state index in [1.54, 1.807) is 21.3 Å². The largest absolute Gasteiger partial charge is 1.00 e. The average molecular weight is 310 g/mol. The lowest BCUT2D eigenvalue weighted by Crippen LogP contribution is -3.00. The van der Waals surface area contributed by atoms with E-state index in [1.807, 2.05) is 12.2 Å². The van der Waals surface area contributed by atoms with Gasteiger partial charge >= 0.3 is 8.80 Å². The first-order valence-electron chi connectivity index (χ1n) is 6.21. The van der Waals surface area contributed by atoms with Crippen LogP contribution in [0, 0.1) is 0 Å². The summed E-state index contributed by atoms with van der Waals surface area (Å²) in [6, 6.07) is 0. The minimum atomic E-state index is -2.68. The highest BCUT2D eigenvalue weighted by Crippen LogP contribution is 2.26. The minimum absolute atomic E-state index is 0. The highest BCUT2D eigenvalue weighted by Gasteiger charge is 2.56. The number of quaternary nitrogens is 1. The maximum atomic E-state index is 5.64. The van der Waals surface area contributed by atoms with Gasteiger partial charge in [0.15, 0.2) is 5.67 Å². The summed E-state index contributed by atoms with van der Waals surface area (Å²) in [6.07, 6.45) is 4.76. The van der Waals surface area contributed by atoms with Gasteiger partial charge in [0, 0.05) is 27.8 Å². The van der Waals surface area contributed by atoms with Crippen molar-refractivity contribution in [1.82, 2.24) is 0 Å². The highest BCUT2D eigenvalue weighted by atomic mass is 35.5. The van der Waals surface area contributed by atoms with Crippen molar-refractivity contribution in [2.75, 3.05) is 41.5 Å². The highest BCUT2D eigenvalue weighted by molar-refractivity contribution is 6.62. The van der Waals surface area contributed by atoms with E-state index >= 15 is 0 Å². The summed E-state index contributed by atoms with van der Waals surface area (Å²) in [5, 5.41) is 0. The van der Waals surface area contributed by atoms with Gasteiger partial charge in [0.05, 0.1) is 20.1 Å². The molecular formula is C13H28ClNO3Si. The van der Waals surface area contributed by atoms with Crippen molar-refractivity contribution in [3.05, 3.63) is 25.3 Å². The van der Waals surface area contributed by atoms with Crippen LogP contribution in [0.2, 0.25) is 0 Å². The lowest BCUT2D eigenvalue weighted by molar-refractivity contribution is -0.914. The van der Waals surface area contributed by atoms with E-state index in [9.17, 15) is 0 Å². The van der Waals surface area contributed by atoms with Crippen LogP contribution in [0.4, 0.5) is 0 Å². The Bertz CT molecular complexity index is 254. The molecule has 0 amide bonds. The van der Waals surface area contributed by atoms with Gasteiger partial charge in [0.25, 0.3) is 0 Å². The zero-order valence-corrected chi connectivity index (χ0v) is 14.6. The lowest BCUT2D eigenvalue weighted by Gasteiger charge is -2.44. The smallest absolute Gasteiger partial charge is 0.561 e. The second-order valence-corrected chi connectivity index (χ2v) is 7.66. The van der Waals surface area contributed by atoms with Crippen LogP contribution >= 0.6 is 0 Å². The minimum Gasteiger partial charge on any atom is -1.00 e. The maximum Gasteiger partial charge on any atom is 0.561 e. The predicted molar refractivity (Wildman–Crippen MR) is 77.2 cm³/mol. The van der Waals surface area contributed by atoms with Crippen LogP contribution in [0.15, 0.2) is 25.3 Å². The second-order valence-electron chi connectivity index (χ2n) is 4.56. The van der Waals surface area contributed by atoms with E-state index < -0.39 is 8.80 Å². The van der Waals surface area contributed by atoms with Gasteiger partial charge in [-0.2, -0.15) is 0 Å². The summed E-state index contributed by atoms with van der Waals surface area (Å²) >= 11 is 0. The average Bonchev–Trinajstić information content (AvgIpc) is 2.36. The van der Waals surface area contributed by atoms with Gasteiger partial charge in [-0.1, -0.05) is 20.1 Å². The molecule has 0 radical (unpaired) electrons. The molecule has 0 N–H and O–H groups in total. The molecular weight excluding hydrogens is 282 g/mol. The molecule has 0 aliphatic rings. The molecule has 0 spiro atoms. The Labute approximate surface area is 125 Å². The van der Waals surface area contributed by atoms with Crippen LogP contribution < -0.4 is 12.4 Å². The van der Waals surface area contributed by atoms with Crippen LogP contribution in [0.25, 0.3) is 0 Å². The third-order valence-electron chi connectivity index (χ3n) is 3.49. The fraction of sp³-hybridized carbons (Fsp3) is 0.692. The first kappa shape index (κ1) is 21.1. The van der Waals surface area contributed by atoms with Gasteiger partial charge in [0.1, 0.15) is 0 Å². The van der Waals surface area contributed by atoms with Crippen molar-refractivity contribution in [2.24, 2.45) is 0 Å². The monoisotopic (exact) mass is 309 g/mol. The number of hydrogen-bond acceptors (Lipinski definition) is 3. The fourth-order valence-corrected chi connectivity index (χ4v) is 5.44. The van der Waals surface area contributed by atoms with Crippen molar-refractivity contribution < 1.29 is 30.2 Å². The van der Waals surface area contributed by atoms with E-state index in [0.29, 0.717) is 0 Å². The van der Waals surface area contributed by atoms with Crippen molar-refractivity contribution >= 4 is 8.80 Å². The molecule has 0 aliphatic carbocycles. The first-order valence-corrected chi connectivity index (χ1v) is 8.01. The summed E-state index contributed by atoms with van der Waals surface area (Å²) in [4.78, 5) is 0. The summed E-state index contributed by atoms with van der Waals surface area (Å²) in [5.41, 5.74) is 0.161. The molecule has 19 heavy (non-hydrogen) atoms. The molecule has 0 saturated heterocycles. The van der Waals surface area contributed by atoms with E-state index in [2.05, 4.69) is 27.1 Å². The lowest BCUT2D eigenvalue weighted by atomic mass is 10.3. The quantitative estimate of drug-likeness (QED) is 0.294. The molecule has 0 rings (SSSR count). The number of likely N-dealkylation sites (N-methyl/N-ethyl adjacent to an activating group) is 1. The van der Waals surface area contributed by atoms with Gasteiger partial charge in [-0.15, -0.1) is 0 Å². The standard InChI is InChI=1S/C13H28NO3Si.ClH/c1-8-11-14(4,12-9-2)13(10-3)18(15-5,16-6)17-7;/h8-9,13H,1-2,10-12H2,3-7H3;1H/q+1;/p-1. The van der Waals surface area contributed by atoms with Crippen molar-refractivity contribution in [1.29, 1.82) is 0 Å². The SMILES string of the molecule is C=CC[N+](C)(CC=C)C(CC)[Si](OC)(OC)OC.[Cl-]. The number of halogens is 1. The van der Waals surface area contributed by atoms with Gasteiger partial charge in [-0.3, -0.25) is 0 Å². The zero-order valence-electron chi connectivity index (χ0n) is 12.8. The molecule has 0 aromatic carbocycles. The third kappa shape index (κ3) is 4.70. The summed E-state index contributed by atoms with van der Waals surface area (Å²) in [5.74, 6) is 0. The Hall–Kier alpha value is -0.173. The van der Waals surface area contributed by atoms with Gasteiger partial charge in [-0.25, -0.2) is 0 Å². The normalized spacial score (nSPS) is 13.5. The summed E-state index contributed by atoms with van der Waals surface area (Å²) < 4.78 is 17.7. The van der Waals surface area contributed by atoms with Crippen LogP contribution in [-0.4, -0.2) is 60.4 Å². The molecule has 0 heterocycles. The molecule has 0 fully saturated rings. The predicted octanol–water partition coefficient (Wildman–Crippen LogP) is -0.995. The van der Waals surface area contributed by atoms with Crippen LogP contribution in [-0.2, 0) is 13.3 Å². The Morgan fingerprint density at radius 3 is 1.63 bits per heavy atom. The number of nitrogens with zero attached hydrogens (tertiary/aromatic N) is 1. The van der Waals surface area contributed by atoms with E-state index in [-0.39, 0.29) is 18.1 Å². The molecule has 114 valence electrons. The topological polar surface area (TPSA) is 27.7 Å². The summed E-state index contributed by atoms with van der Waals surface area (Å²) in [7, 11) is 4.47. The molecule has 0 aromatic rings. The Kier molecular flexibility index (Phi) is 10.8. The third-order valence-corrected chi connectivity index (χ3v) is 7.05.